The van der Waals surface area contributed by atoms with Gasteiger partial charge in [0.1, 0.15) is 0 Å². The molecule has 0 saturated carbocycles. The maximum Gasteiger partial charge on any atom is 0.232 e. The van der Waals surface area contributed by atoms with E-state index in [1.807, 2.05) is 6.07 Å². The van der Waals surface area contributed by atoms with Crippen molar-refractivity contribution >= 4 is 21.6 Å². The lowest BCUT2D eigenvalue weighted by atomic mass is 9.97. The smallest absolute Gasteiger partial charge is 0.232 e. The van der Waals surface area contributed by atoms with Crippen molar-refractivity contribution in [1.82, 2.24) is 5.32 Å². The number of hydrogen-bond acceptors (Lipinski definition) is 4. The van der Waals surface area contributed by atoms with Gasteiger partial charge in [-0.3, -0.25) is 9.10 Å². The predicted molar refractivity (Wildman–Crippen MR) is 102 cm³/mol. The molecule has 1 N–H and O–H groups in total. The fourth-order valence-electron chi connectivity index (χ4n) is 2.97. The van der Waals surface area contributed by atoms with Crippen LogP contribution in [0, 0.1) is 11.3 Å². The first-order valence-corrected chi connectivity index (χ1v) is 10.7. The maximum absolute atomic E-state index is 12.1. The van der Waals surface area contributed by atoms with E-state index in [1.165, 1.54) is 22.7 Å². The van der Waals surface area contributed by atoms with Gasteiger partial charge in [0.15, 0.2) is 0 Å². The third-order valence-corrected chi connectivity index (χ3v) is 5.57. The molecule has 0 fully saturated rings. The fourth-order valence-corrected chi connectivity index (χ4v) is 3.90. The van der Waals surface area contributed by atoms with E-state index < -0.39 is 10.0 Å². The molecule has 0 aromatic heterocycles. The van der Waals surface area contributed by atoms with Gasteiger partial charge in [0.2, 0.25) is 15.9 Å². The normalized spacial score (nSPS) is 14.2. The van der Waals surface area contributed by atoms with Crippen LogP contribution in [0.15, 0.2) is 35.9 Å². The lowest BCUT2D eigenvalue weighted by Gasteiger charge is -2.22. The summed E-state index contributed by atoms with van der Waals surface area (Å²) in [4.78, 5) is 12.1. The number of carbonyl (C=O) groups is 1. The number of amides is 1. The Morgan fingerprint density at radius 1 is 1.27 bits per heavy atom. The number of anilines is 1. The van der Waals surface area contributed by atoms with Crippen molar-refractivity contribution in [2.24, 2.45) is 0 Å². The van der Waals surface area contributed by atoms with Crippen LogP contribution in [0.1, 0.15) is 44.1 Å². The van der Waals surface area contributed by atoms with Crippen LogP contribution in [0.4, 0.5) is 5.69 Å². The Hall–Kier alpha value is -2.33. The molecule has 0 atom stereocenters. The molecule has 1 aromatic carbocycles. The van der Waals surface area contributed by atoms with Crippen LogP contribution in [-0.4, -0.2) is 33.7 Å². The van der Waals surface area contributed by atoms with Gasteiger partial charge in [0, 0.05) is 19.5 Å². The highest BCUT2D eigenvalue weighted by Crippen LogP contribution is 2.20. The average Bonchev–Trinajstić information content (AvgIpc) is 2.62. The van der Waals surface area contributed by atoms with Crippen LogP contribution in [0.25, 0.3) is 0 Å². The van der Waals surface area contributed by atoms with Crippen LogP contribution in [-0.2, 0) is 14.8 Å². The van der Waals surface area contributed by atoms with Crippen LogP contribution in [0.3, 0.4) is 0 Å². The first-order valence-electron chi connectivity index (χ1n) is 8.82. The van der Waals surface area contributed by atoms with E-state index in [0.29, 0.717) is 17.8 Å². The van der Waals surface area contributed by atoms with E-state index in [4.69, 9.17) is 5.26 Å². The lowest BCUT2D eigenvalue weighted by molar-refractivity contribution is -0.120. The van der Waals surface area contributed by atoms with Crippen LogP contribution >= 0.6 is 0 Å². The number of rotatable bonds is 8. The number of nitrogens with one attached hydrogen (secondary N) is 1. The molecule has 0 aliphatic heterocycles. The molecule has 1 amide bonds. The molecular weight excluding hydrogens is 350 g/mol. The Morgan fingerprint density at radius 3 is 2.58 bits per heavy atom. The first kappa shape index (κ1) is 20.0. The summed E-state index contributed by atoms with van der Waals surface area (Å²) in [7, 11) is -3.51. The molecule has 0 unspecified atom stereocenters. The van der Waals surface area contributed by atoms with Crippen molar-refractivity contribution < 1.29 is 13.2 Å². The summed E-state index contributed by atoms with van der Waals surface area (Å²) < 4.78 is 25.3. The van der Waals surface area contributed by atoms with Gasteiger partial charge in [-0.25, -0.2) is 8.42 Å². The molecule has 1 aliphatic rings. The van der Waals surface area contributed by atoms with Gasteiger partial charge in [-0.05, 0) is 56.4 Å². The Balaban J connectivity index is 1.87. The van der Waals surface area contributed by atoms with Gasteiger partial charge in [-0.2, -0.15) is 5.26 Å². The Kier molecular flexibility index (Phi) is 7.22. The van der Waals surface area contributed by atoms with Crippen molar-refractivity contribution in [3.63, 3.8) is 0 Å². The van der Waals surface area contributed by atoms with Crippen LogP contribution in [0.2, 0.25) is 0 Å². The Labute approximate surface area is 155 Å². The van der Waals surface area contributed by atoms with Gasteiger partial charge in [0.05, 0.1) is 23.6 Å². The molecule has 0 heterocycles. The van der Waals surface area contributed by atoms with E-state index in [-0.39, 0.29) is 18.9 Å². The first-order chi connectivity index (χ1) is 12.4. The maximum atomic E-state index is 12.1. The molecular formula is C19H25N3O3S. The van der Waals surface area contributed by atoms with Gasteiger partial charge < -0.3 is 5.32 Å². The molecule has 6 nitrogen and oxygen atoms in total. The zero-order chi connectivity index (χ0) is 19.0. The number of carbonyl (C=O) groups excluding carboxylic acids is 1. The topological polar surface area (TPSA) is 90.3 Å². The highest BCUT2D eigenvalue weighted by Gasteiger charge is 2.18. The van der Waals surface area contributed by atoms with Crippen LogP contribution in [0.5, 0.6) is 0 Å². The highest BCUT2D eigenvalue weighted by molar-refractivity contribution is 7.92. The third-order valence-electron chi connectivity index (χ3n) is 4.38. The zero-order valence-electron chi connectivity index (χ0n) is 15.1. The summed E-state index contributed by atoms with van der Waals surface area (Å²) in [6.07, 6.45) is 9.00. The minimum absolute atomic E-state index is 0.0687. The van der Waals surface area contributed by atoms with E-state index in [0.717, 1.165) is 25.5 Å². The molecule has 0 radical (unpaired) electrons. The van der Waals surface area contributed by atoms with E-state index >= 15 is 0 Å². The molecule has 0 saturated heterocycles. The summed E-state index contributed by atoms with van der Waals surface area (Å²) in [5, 5.41) is 11.7. The number of allylic oxidation sites excluding steroid dienone is 1. The number of sulfonamides is 1. The average molecular weight is 375 g/mol. The standard InChI is InChI=1S/C19H25N3O3S/c1-26(24,25)22(18-9-7-17(15-20)8-10-18)14-12-19(23)21-13-11-16-5-3-2-4-6-16/h5,7-10H,2-4,6,11-14H2,1H3,(H,21,23). The molecule has 26 heavy (non-hydrogen) atoms. The summed E-state index contributed by atoms with van der Waals surface area (Å²) in [6, 6.07) is 8.27. The number of hydrogen-bond donors (Lipinski definition) is 1. The van der Waals surface area contributed by atoms with Gasteiger partial charge in [-0.1, -0.05) is 11.6 Å². The molecule has 7 heteroatoms. The number of nitrogens with zero attached hydrogens (tertiary/aromatic N) is 2. The second kappa shape index (κ2) is 9.39. The monoisotopic (exact) mass is 375 g/mol. The van der Waals surface area contributed by atoms with Crippen molar-refractivity contribution in [1.29, 1.82) is 5.26 Å². The van der Waals surface area contributed by atoms with Gasteiger partial charge in [0.25, 0.3) is 0 Å². The minimum atomic E-state index is -3.51. The van der Waals surface area contributed by atoms with Crippen molar-refractivity contribution in [2.45, 2.75) is 38.5 Å². The fraction of sp³-hybridized carbons (Fsp3) is 0.474. The molecule has 0 bridgehead atoms. The SMILES string of the molecule is CS(=O)(=O)N(CCC(=O)NCCC1=CCCCC1)c1ccc(C#N)cc1. The molecule has 140 valence electrons. The summed E-state index contributed by atoms with van der Waals surface area (Å²) in [5.74, 6) is -0.163. The molecule has 2 rings (SSSR count). The quantitative estimate of drug-likeness (QED) is 0.707. The summed E-state index contributed by atoms with van der Waals surface area (Å²) >= 11 is 0. The number of nitriles is 1. The lowest BCUT2D eigenvalue weighted by Crippen LogP contribution is -2.35. The molecule has 1 aliphatic carbocycles. The van der Waals surface area contributed by atoms with Gasteiger partial charge >= 0.3 is 0 Å². The zero-order valence-corrected chi connectivity index (χ0v) is 15.9. The van der Waals surface area contributed by atoms with Gasteiger partial charge in [-0.15, -0.1) is 0 Å². The van der Waals surface area contributed by atoms with Crippen LogP contribution < -0.4 is 9.62 Å². The molecule has 0 spiro atoms. The molecule has 1 aromatic rings. The summed E-state index contributed by atoms with van der Waals surface area (Å²) in [5.41, 5.74) is 2.30. The third kappa shape index (κ3) is 6.19. The van der Waals surface area contributed by atoms with E-state index in [9.17, 15) is 13.2 Å². The second-order valence-electron chi connectivity index (χ2n) is 6.45. The highest BCUT2D eigenvalue weighted by atomic mass is 32.2. The Morgan fingerprint density at radius 2 is 2.00 bits per heavy atom. The van der Waals surface area contributed by atoms with Crippen molar-refractivity contribution in [3.8, 4) is 6.07 Å². The van der Waals surface area contributed by atoms with E-state index in [1.54, 1.807) is 24.3 Å². The Bertz CT molecular complexity index is 792. The minimum Gasteiger partial charge on any atom is -0.356 e. The predicted octanol–water partition coefficient (Wildman–Crippen LogP) is 2.72. The van der Waals surface area contributed by atoms with Crippen molar-refractivity contribution in [3.05, 3.63) is 41.5 Å². The van der Waals surface area contributed by atoms with Crippen molar-refractivity contribution in [2.75, 3.05) is 23.7 Å². The largest absolute Gasteiger partial charge is 0.356 e. The second-order valence-corrected chi connectivity index (χ2v) is 8.36. The number of benzene rings is 1. The summed E-state index contributed by atoms with van der Waals surface area (Å²) in [6.45, 7) is 0.652. The van der Waals surface area contributed by atoms with E-state index in [2.05, 4.69) is 11.4 Å².